The number of aryl methyl sites for hydroxylation is 1. The Bertz CT molecular complexity index is 691. The quantitative estimate of drug-likeness (QED) is 0.672. The number of nitrogens with zero attached hydrogens (tertiary/aromatic N) is 2. The number of hydrogen-bond acceptors (Lipinski definition) is 5. The number of aliphatic hydroxyl groups is 1. The van der Waals surface area contributed by atoms with Crippen molar-refractivity contribution in [2.75, 3.05) is 0 Å². The number of aliphatic hydroxyl groups excluding tert-OH is 1. The van der Waals surface area contributed by atoms with Gasteiger partial charge in [-0.2, -0.15) is 0 Å². The molecule has 0 atom stereocenters. The van der Waals surface area contributed by atoms with Crippen LogP contribution >= 0.6 is 11.3 Å². The lowest BCUT2D eigenvalue weighted by Crippen LogP contribution is -2.04. The SMILES string of the molecule is O=[N+]([O-])c1cnc(C2=C(O)c3ccccc3CC2)s1. The van der Waals surface area contributed by atoms with Gasteiger partial charge in [0.1, 0.15) is 17.0 Å². The fraction of sp³-hybridized carbons (Fsp3) is 0.154. The molecule has 0 saturated carbocycles. The third kappa shape index (κ3) is 2.00. The maximum absolute atomic E-state index is 10.7. The van der Waals surface area contributed by atoms with Crippen LogP contribution < -0.4 is 0 Å². The molecule has 3 rings (SSSR count). The minimum Gasteiger partial charge on any atom is -0.507 e. The van der Waals surface area contributed by atoms with E-state index < -0.39 is 4.92 Å². The zero-order valence-electron chi connectivity index (χ0n) is 9.87. The molecule has 0 aliphatic heterocycles. The Labute approximate surface area is 113 Å². The molecule has 1 aromatic carbocycles. The Morgan fingerprint density at radius 2 is 2.11 bits per heavy atom. The third-order valence-electron chi connectivity index (χ3n) is 3.13. The normalized spacial score (nSPS) is 14.3. The second kappa shape index (κ2) is 4.47. The molecule has 1 aliphatic carbocycles. The van der Waals surface area contributed by atoms with E-state index in [0.717, 1.165) is 28.9 Å². The lowest BCUT2D eigenvalue weighted by Gasteiger charge is -2.17. The summed E-state index contributed by atoms with van der Waals surface area (Å²) in [6.45, 7) is 0. The van der Waals surface area contributed by atoms with Crippen LogP contribution in [0.15, 0.2) is 30.5 Å². The molecule has 1 N–H and O–H groups in total. The molecule has 0 amide bonds. The Balaban J connectivity index is 2.08. The molecule has 0 spiro atoms. The number of nitro groups is 1. The first kappa shape index (κ1) is 11.9. The minimum absolute atomic E-state index is 0.00541. The highest BCUT2D eigenvalue weighted by Crippen LogP contribution is 2.37. The van der Waals surface area contributed by atoms with Crippen molar-refractivity contribution in [2.45, 2.75) is 12.8 Å². The van der Waals surface area contributed by atoms with E-state index in [2.05, 4.69) is 4.98 Å². The standard InChI is InChI=1S/C13H10N2O3S/c16-12-9-4-2-1-3-8(9)5-6-10(12)13-14-7-11(19-13)15(17)18/h1-4,7,16H,5-6H2. The molecule has 0 radical (unpaired) electrons. The van der Waals surface area contributed by atoms with Crippen molar-refractivity contribution in [3.05, 3.63) is 56.7 Å². The van der Waals surface area contributed by atoms with E-state index in [1.807, 2.05) is 24.3 Å². The van der Waals surface area contributed by atoms with Crippen molar-refractivity contribution in [3.8, 4) is 0 Å². The summed E-state index contributed by atoms with van der Waals surface area (Å²) in [5.41, 5.74) is 2.58. The topological polar surface area (TPSA) is 76.3 Å². The van der Waals surface area contributed by atoms with Gasteiger partial charge in [-0.05, 0) is 29.7 Å². The van der Waals surface area contributed by atoms with E-state index >= 15 is 0 Å². The first-order valence-corrected chi connectivity index (χ1v) is 6.59. The smallest absolute Gasteiger partial charge is 0.344 e. The number of thiazole rings is 1. The molecule has 0 fully saturated rings. The molecule has 6 heteroatoms. The van der Waals surface area contributed by atoms with Gasteiger partial charge in [0.25, 0.3) is 0 Å². The van der Waals surface area contributed by atoms with Crippen molar-refractivity contribution in [3.63, 3.8) is 0 Å². The van der Waals surface area contributed by atoms with Crippen molar-refractivity contribution in [2.24, 2.45) is 0 Å². The molecule has 19 heavy (non-hydrogen) atoms. The summed E-state index contributed by atoms with van der Waals surface area (Å²) in [4.78, 5) is 14.3. The summed E-state index contributed by atoms with van der Waals surface area (Å²) in [5, 5.41) is 21.5. The monoisotopic (exact) mass is 274 g/mol. The molecule has 1 aliphatic rings. The van der Waals surface area contributed by atoms with Crippen molar-refractivity contribution in [1.82, 2.24) is 4.98 Å². The zero-order valence-corrected chi connectivity index (χ0v) is 10.7. The maximum atomic E-state index is 10.7. The van der Waals surface area contributed by atoms with Gasteiger partial charge in [0.15, 0.2) is 0 Å². The number of allylic oxidation sites excluding steroid dienone is 1. The number of aromatic nitrogens is 1. The summed E-state index contributed by atoms with van der Waals surface area (Å²) in [7, 11) is 0. The number of rotatable bonds is 2. The molecule has 0 saturated heterocycles. The van der Waals surface area contributed by atoms with Gasteiger partial charge >= 0.3 is 5.00 Å². The summed E-state index contributed by atoms with van der Waals surface area (Å²) in [6.07, 6.45) is 2.69. The fourth-order valence-corrected chi connectivity index (χ4v) is 3.01. The van der Waals surface area contributed by atoms with Crippen LogP contribution in [0.2, 0.25) is 0 Å². The summed E-state index contributed by atoms with van der Waals surface area (Å²) in [6, 6.07) is 7.63. The van der Waals surface area contributed by atoms with Gasteiger partial charge in [0.2, 0.25) is 0 Å². The number of benzene rings is 1. The van der Waals surface area contributed by atoms with Crippen LogP contribution in [0.1, 0.15) is 22.6 Å². The predicted molar refractivity (Wildman–Crippen MR) is 73.0 cm³/mol. The van der Waals surface area contributed by atoms with Crippen LogP contribution in [0, 0.1) is 10.1 Å². The Hall–Kier alpha value is -2.21. The highest BCUT2D eigenvalue weighted by molar-refractivity contribution is 7.15. The highest BCUT2D eigenvalue weighted by atomic mass is 32.1. The third-order valence-corrected chi connectivity index (χ3v) is 4.14. The molecule has 2 aromatic rings. The van der Waals surface area contributed by atoms with E-state index in [1.165, 1.54) is 6.20 Å². The van der Waals surface area contributed by atoms with E-state index in [0.29, 0.717) is 17.0 Å². The Kier molecular flexibility index (Phi) is 2.79. The van der Waals surface area contributed by atoms with Gasteiger partial charge in [-0.1, -0.05) is 24.3 Å². The van der Waals surface area contributed by atoms with E-state index in [-0.39, 0.29) is 10.8 Å². The average Bonchev–Trinajstić information content (AvgIpc) is 2.89. The van der Waals surface area contributed by atoms with Gasteiger partial charge < -0.3 is 5.11 Å². The molecule has 1 heterocycles. The largest absolute Gasteiger partial charge is 0.507 e. The van der Waals surface area contributed by atoms with Crippen LogP contribution in [-0.2, 0) is 6.42 Å². The summed E-state index contributed by atoms with van der Waals surface area (Å²) in [5.74, 6) is 0.186. The van der Waals surface area contributed by atoms with Crippen molar-refractivity contribution < 1.29 is 10.0 Å². The van der Waals surface area contributed by atoms with Crippen LogP contribution in [0.4, 0.5) is 5.00 Å². The number of hydrogen-bond donors (Lipinski definition) is 1. The lowest BCUT2D eigenvalue weighted by atomic mass is 9.91. The van der Waals surface area contributed by atoms with Gasteiger partial charge in [0, 0.05) is 11.1 Å². The van der Waals surface area contributed by atoms with Gasteiger partial charge in [-0.15, -0.1) is 0 Å². The van der Waals surface area contributed by atoms with Crippen molar-refractivity contribution in [1.29, 1.82) is 0 Å². The maximum Gasteiger partial charge on any atom is 0.344 e. The van der Waals surface area contributed by atoms with Crippen LogP contribution in [0.3, 0.4) is 0 Å². The average molecular weight is 274 g/mol. The van der Waals surface area contributed by atoms with Gasteiger partial charge in [0.05, 0.1) is 4.92 Å². The lowest BCUT2D eigenvalue weighted by molar-refractivity contribution is -0.380. The minimum atomic E-state index is -0.463. The van der Waals surface area contributed by atoms with Crippen LogP contribution in [0.25, 0.3) is 11.3 Å². The van der Waals surface area contributed by atoms with Crippen molar-refractivity contribution >= 4 is 27.7 Å². The molecule has 96 valence electrons. The molecule has 5 nitrogen and oxygen atoms in total. The van der Waals surface area contributed by atoms with Gasteiger partial charge in [-0.3, -0.25) is 10.1 Å². The zero-order chi connectivity index (χ0) is 13.4. The van der Waals surface area contributed by atoms with Gasteiger partial charge in [-0.25, -0.2) is 4.98 Å². The Morgan fingerprint density at radius 3 is 2.84 bits per heavy atom. The highest BCUT2D eigenvalue weighted by Gasteiger charge is 2.23. The second-order valence-electron chi connectivity index (χ2n) is 4.25. The van der Waals surface area contributed by atoms with E-state index in [1.54, 1.807) is 0 Å². The molecule has 0 unspecified atom stereocenters. The van der Waals surface area contributed by atoms with Crippen LogP contribution in [-0.4, -0.2) is 15.0 Å². The number of fused-ring (bicyclic) bond motifs is 1. The summed E-state index contributed by atoms with van der Waals surface area (Å²) >= 11 is 0.998. The van der Waals surface area contributed by atoms with E-state index in [9.17, 15) is 15.2 Å². The molecular weight excluding hydrogens is 264 g/mol. The predicted octanol–water partition coefficient (Wildman–Crippen LogP) is 3.42. The van der Waals surface area contributed by atoms with E-state index in [4.69, 9.17) is 0 Å². The fourth-order valence-electron chi connectivity index (χ4n) is 2.21. The Morgan fingerprint density at radius 1 is 1.32 bits per heavy atom. The molecule has 1 aromatic heterocycles. The van der Waals surface area contributed by atoms with Crippen LogP contribution in [0.5, 0.6) is 0 Å². The summed E-state index contributed by atoms with van der Waals surface area (Å²) < 4.78 is 0. The first-order chi connectivity index (χ1) is 9.16. The first-order valence-electron chi connectivity index (χ1n) is 5.78. The second-order valence-corrected chi connectivity index (χ2v) is 5.25. The molecular formula is C13H10N2O3S. The molecule has 0 bridgehead atoms.